The first kappa shape index (κ1) is 19.4. The average Bonchev–Trinajstić information content (AvgIpc) is 1.98. The Balaban J connectivity index is 0. The molecule has 0 aliphatic carbocycles. The molecule has 0 saturated heterocycles. The summed E-state index contributed by atoms with van der Waals surface area (Å²) in [6, 6.07) is 0. The van der Waals surface area contributed by atoms with E-state index in [2.05, 4.69) is 14.1 Å². The molecule has 14 heavy (non-hydrogen) atoms. The second-order valence-corrected chi connectivity index (χ2v) is 33.9. The van der Waals surface area contributed by atoms with E-state index in [9.17, 15) is 0 Å². The number of hydrogen-bond acceptors (Lipinski definition) is 0. The summed E-state index contributed by atoms with van der Waals surface area (Å²) in [4.78, 5) is 1.40. The Morgan fingerprint density at radius 1 is 1.29 bits per heavy atom. The fourth-order valence-electron chi connectivity index (χ4n) is 0.688. The number of rotatable bonds is 3. The minimum atomic E-state index is -2.37. The normalized spacial score (nSPS) is 11.2. The van der Waals surface area contributed by atoms with Gasteiger partial charge in [-0.15, -0.1) is 0 Å². The number of hydrogen-bond donors (Lipinski definition) is 1. The molecule has 8 heteroatoms. The van der Waals surface area contributed by atoms with Crippen LogP contribution in [0.25, 0.3) is 0 Å². The topological polar surface area (TPSA) is 4.44 Å². The van der Waals surface area contributed by atoms with Gasteiger partial charge in [0, 0.05) is 0 Å². The molecule has 0 saturated carbocycles. The van der Waals surface area contributed by atoms with Crippen molar-refractivity contribution < 1.29 is 47.6 Å². The standard InChI is InChI=1S/C6H11ClN.4ClH.2Hg/c1-6(7)4-5-8(2)3;;;;;;/h5H2,1-3H3;4*1H;;/q;;;;;+1;+2/p-3. The molecule has 0 aromatic rings. The maximum atomic E-state index is 5.87. The molecule has 0 aromatic heterocycles. The van der Waals surface area contributed by atoms with Crippen LogP contribution < -0.4 is 4.90 Å². The summed E-state index contributed by atoms with van der Waals surface area (Å²) in [6.07, 6.45) is 0. The third-order valence-corrected chi connectivity index (χ3v) is 9.47. The van der Waals surface area contributed by atoms with Gasteiger partial charge in [-0.2, -0.15) is 0 Å². The Labute approximate surface area is 126 Å². The molecule has 0 unspecified atom stereocenters. The Bertz CT molecular complexity index is 167. The fraction of sp³-hybridized carbons (Fsp3) is 0.667. The Hall–Kier alpha value is 3.02. The first-order chi connectivity index (χ1) is 6.31. The predicted octanol–water partition coefficient (Wildman–Crippen LogP) is 2.90. The van der Waals surface area contributed by atoms with Gasteiger partial charge in [0.2, 0.25) is 0 Å². The van der Waals surface area contributed by atoms with Crippen LogP contribution in [-0.4, -0.2) is 20.6 Å². The summed E-state index contributed by atoms with van der Waals surface area (Å²) in [7, 11) is 25.2. The first-order valence-corrected chi connectivity index (χ1v) is 34.3. The van der Waals surface area contributed by atoms with Gasteiger partial charge < -0.3 is 0 Å². The number of nitrogens with one attached hydrogen (secondary N) is 1. The van der Waals surface area contributed by atoms with Crippen LogP contribution in [0.1, 0.15) is 6.92 Å². The van der Waals surface area contributed by atoms with Gasteiger partial charge in [0.1, 0.15) is 0 Å². The molecule has 1 nitrogen and oxygen atoms in total. The van der Waals surface area contributed by atoms with Crippen molar-refractivity contribution in [3.05, 3.63) is 8.11 Å². The van der Waals surface area contributed by atoms with E-state index in [-0.39, 0.29) is 0 Å². The molecule has 80 valence electrons. The quantitative estimate of drug-likeness (QED) is 0.439. The molecule has 0 bridgehead atoms. The molecule has 0 radical (unpaired) electrons. The molecule has 0 rings (SSSR count). The summed E-state index contributed by atoms with van der Waals surface area (Å²) in [5.41, 5.74) is 0. The van der Waals surface area contributed by atoms with Gasteiger partial charge in [-0.3, -0.25) is 0 Å². The molecule has 1 N–H and O–H groups in total. The molecule has 0 fully saturated rings. The van der Waals surface area contributed by atoms with Crippen LogP contribution in [0.5, 0.6) is 0 Å². The minimum absolute atomic E-state index is 0.929. The van der Waals surface area contributed by atoms with Crippen molar-refractivity contribution in [3.8, 4) is 0 Å². The van der Waals surface area contributed by atoms with Gasteiger partial charge in [0.25, 0.3) is 0 Å². The summed E-state index contributed by atoms with van der Waals surface area (Å²) in [5.74, 6) is 0. The van der Waals surface area contributed by atoms with Gasteiger partial charge >= 0.3 is 128 Å². The van der Waals surface area contributed by atoms with Gasteiger partial charge in [0.05, 0.1) is 0 Å². The van der Waals surface area contributed by atoms with E-state index in [1.165, 1.54) is 7.98 Å². The number of likely N-dealkylation sites (N-methyl/N-ethyl adjacent to an activating group) is 1. The molecule has 0 aliphatic heterocycles. The van der Waals surface area contributed by atoms with Crippen molar-refractivity contribution in [1.29, 1.82) is 0 Å². The molecule has 0 spiro atoms. The van der Waals surface area contributed by atoms with Crippen LogP contribution in [0.3, 0.4) is 0 Å². The molecular formula is C6H12Cl5Hg2N. The third-order valence-electron chi connectivity index (χ3n) is 1.22. The van der Waals surface area contributed by atoms with Gasteiger partial charge in [0.15, 0.2) is 0 Å². The van der Waals surface area contributed by atoms with E-state index in [0.29, 0.717) is 0 Å². The van der Waals surface area contributed by atoms with Gasteiger partial charge in [-0.05, 0) is 0 Å². The van der Waals surface area contributed by atoms with Crippen LogP contribution in [-0.2, 0) is 42.7 Å². The first-order valence-electron chi connectivity index (χ1n) is 4.07. The molecule has 0 aromatic carbocycles. The second-order valence-electron chi connectivity index (χ2n) is 2.96. The van der Waals surface area contributed by atoms with Crippen molar-refractivity contribution in [2.24, 2.45) is 0 Å². The van der Waals surface area contributed by atoms with Crippen LogP contribution in [0, 0.1) is 0 Å². The maximum absolute atomic E-state index is 5.87. The predicted molar refractivity (Wildman–Crippen MR) is 59.6 cm³/mol. The number of quaternary nitrogens is 1. The Morgan fingerprint density at radius 3 is 1.71 bits per heavy atom. The van der Waals surface area contributed by atoms with E-state index in [0.717, 1.165) is 11.6 Å². The van der Waals surface area contributed by atoms with Crippen LogP contribution >= 0.6 is 44.6 Å². The second kappa shape index (κ2) is 12.5. The number of allylic oxidation sites excluding steroid dienone is 1. The van der Waals surface area contributed by atoms with E-state index in [1.807, 2.05) is 6.92 Å². The molecule has 0 aliphatic rings. The van der Waals surface area contributed by atoms with Crippen molar-refractivity contribution in [1.82, 2.24) is 0 Å². The van der Waals surface area contributed by atoms with Crippen LogP contribution in [0.15, 0.2) is 8.11 Å². The van der Waals surface area contributed by atoms with E-state index >= 15 is 0 Å². The zero-order valence-electron chi connectivity index (χ0n) is 8.51. The monoisotopic (exact) mass is 677 g/mol. The van der Waals surface area contributed by atoms with Crippen molar-refractivity contribution in [3.63, 3.8) is 0 Å². The Morgan fingerprint density at radius 2 is 1.64 bits per heavy atom. The average molecular weight is 677 g/mol. The summed E-state index contributed by atoms with van der Waals surface area (Å²) in [6.45, 7) is 2.96. The Kier molecular flexibility index (Phi) is 17.3. The zero-order valence-corrected chi connectivity index (χ0v) is 23.3. The van der Waals surface area contributed by atoms with Crippen LogP contribution in [0.2, 0.25) is 0 Å². The van der Waals surface area contributed by atoms with Crippen molar-refractivity contribution >= 4 is 44.6 Å². The van der Waals surface area contributed by atoms with Crippen molar-refractivity contribution in [2.75, 3.05) is 20.6 Å². The fourth-order valence-corrected chi connectivity index (χ4v) is 7.56. The van der Waals surface area contributed by atoms with Gasteiger partial charge in [-0.1, -0.05) is 0 Å². The van der Waals surface area contributed by atoms with Crippen LogP contribution in [0.4, 0.5) is 0 Å². The summed E-state index contributed by atoms with van der Waals surface area (Å²) < 4.78 is 1.35. The summed E-state index contributed by atoms with van der Waals surface area (Å²) in [5, 5.41) is 0.929. The van der Waals surface area contributed by atoms with Crippen molar-refractivity contribution in [2.45, 2.75) is 6.92 Å². The third kappa shape index (κ3) is 17.4. The summed E-state index contributed by atoms with van der Waals surface area (Å²) >= 11 is 2.23. The zero-order chi connectivity index (χ0) is 11.7. The molecule has 0 heterocycles. The molecule has 0 atom stereocenters. The molecule has 0 amide bonds. The van der Waals surface area contributed by atoms with E-state index in [1.54, 1.807) is 0 Å². The number of halogens is 5. The van der Waals surface area contributed by atoms with Gasteiger partial charge in [-0.25, -0.2) is 0 Å². The molecular weight excluding hydrogens is 665 g/mol. The SMILES string of the molecule is CC(Cl)=[C](C[NH+](C)C)[Hg][Cl].[Cl][Hg-]([Cl])[Cl]. The van der Waals surface area contributed by atoms with E-state index in [4.69, 9.17) is 44.6 Å². The van der Waals surface area contributed by atoms with E-state index < -0.39 is 42.7 Å².